The fraction of sp³-hybridized carbons (Fsp3) is 0.333. The largest absolute Gasteiger partial charge is 0.445 e. The quantitative estimate of drug-likeness (QED) is 0.552. The van der Waals surface area contributed by atoms with Crippen molar-refractivity contribution in [2.45, 2.75) is 50.8 Å². The molecule has 2 saturated heterocycles. The normalized spacial score (nSPS) is 22.5. The molecule has 0 aliphatic carbocycles. The Balaban J connectivity index is 1.20. The van der Waals surface area contributed by atoms with Crippen molar-refractivity contribution in [3.8, 4) is 0 Å². The topological polar surface area (TPSA) is 46.6 Å². The van der Waals surface area contributed by atoms with Crippen molar-refractivity contribution < 1.29 is 14.3 Å². The zero-order valence-electron chi connectivity index (χ0n) is 17.6. The van der Waals surface area contributed by atoms with Gasteiger partial charge in [0.2, 0.25) is 0 Å². The fourth-order valence-electron chi connectivity index (χ4n) is 5.23. The maximum absolute atomic E-state index is 13.1. The van der Waals surface area contributed by atoms with Gasteiger partial charge in [0.15, 0.2) is 0 Å². The van der Waals surface area contributed by atoms with Gasteiger partial charge >= 0.3 is 6.09 Å². The molecule has 0 aromatic heterocycles. The standard InChI is InChI=1S/C27H27NO3/c29-26(15-20-10-11-21-8-4-5-9-22(21)14-20)23-16-24-12-13-25(17-23)28(24)27(30)31-18-19-6-2-1-3-7-19/h1-11,14,23-25H,12-13,15-18H2. The van der Waals surface area contributed by atoms with Crippen LogP contribution in [0.4, 0.5) is 4.79 Å². The summed E-state index contributed by atoms with van der Waals surface area (Å²) in [7, 11) is 0. The number of ether oxygens (including phenoxy) is 1. The van der Waals surface area contributed by atoms with Gasteiger partial charge in [0.05, 0.1) is 0 Å². The lowest BCUT2D eigenvalue weighted by molar-refractivity contribution is -0.124. The molecule has 2 bridgehead atoms. The van der Waals surface area contributed by atoms with E-state index in [1.807, 2.05) is 47.4 Å². The van der Waals surface area contributed by atoms with Crippen molar-refractivity contribution in [2.24, 2.45) is 5.92 Å². The zero-order valence-corrected chi connectivity index (χ0v) is 17.6. The highest BCUT2D eigenvalue weighted by Gasteiger charge is 2.45. The third-order valence-corrected chi connectivity index (χ3v) is 6.80. The number of carbonyl (C=O) groups is 2. The summed E-state index contributed by atoms with van der Waals surface area (Å²) in [5.41, 5.74) is 2.06. The second kappa shape index (κ2) is 8.54. The van der Waals surface area contributed by atoms with E-state index in [0.29, 0.717) is 18.8 Å². The number of hydrogen-bond donors (Lipinski definition) is 0. The molecule has 2 atom stereocenters. The van der Waals surface area contributed by atoms with Crippen molar-refractivity contribution >= 4 is 22.6 Å². The summed E-state index contributed by atoms with van der Waals surface area (Å²) in [6.45, 7) is 0.292. The van der Waals surface area contributed by atoms with Crippen LogP contribution in [0.2, 0.25) is 0 Å². The van der Waals surface area contributed by atoms with Gasteiger partial charge in [0.25, 0.3) is 0 Å². The van der Waals surface area contributed by atoms with E-state index in [9.17, 15) is 9.59 Å². The van der Waals surface area contributed by atoms with E-state index in [-0.39, 0.29) is 24.1 Å². The molecule has 0 saturated carbocycles. The first-order valence-electron chi connectivity index (χ1n) is 11.2. The maximum atomic E-state index is 13.1. The molecule has 2 fully saturated rings. The van der Waals surface area contributed by atoms with E-state index in [2.05, 4.69) is 30.3 Å². The number of rotatable bonds is 5. The Kier molecular flexibility index (Phi) is 5.46. The molecule has 0 radical (unpaired) electrons. The van der Waals surface area contributed by atoms with Gasteiger partial charge in [-0.2, -0.15) is 0 Å². The van der Waals surface area contributed by atoms with E-state index in [1.54, 1.807) is 0 Å². The van der Waals surface area contributed by atoms with Gasteiger partial charge in [-0.05, 0) is 47.6 Å². The average Bonchev–Trinajstić information content (AvgIpc) is 3.07. The smallest absolute Gasteiger partial charge is 0.410 e. The molecule has 5 rings (SSSR count). The number of carbonyl (C=O) groups excluding carboxylic acids is 2. The predicted octanol–water partition coefficient (Wildman–Crippen LogP) is 5.53. The molecule has 31 heavy (non-hydrogen) atoms. The van der Waals surface area contributed by atoms with E-state index in [1.165, 1.54) is 10.8 Å². The molecule has 4 heteroatoms. The lowest BCUT2D eigenvalue weighted by Gasteiger charge is -2.37. The van der Waals surface area contributed by atoms with Crippen molar-refractivity contribution in [3.63, 3.8) is 0 Å². The van der Waals surface area contributed by atoms with Crippen LogP contribution in [0.5, 0.6) is 0 Å². The van der Waals surface area contributed by atoms with Crippen LogP contribution in [-0.4, -0.2) is 28.9 Å². The molecule has 4 nitrogen and oxygen atoms in total. The Bertz CT molecular complexity index is 1080. The zero-order chi connectivity index (χ0) is 21.2. The summed E-state index contributed by atoms with van der Waals surface area (Å²) in [4.78, 5) is 27.7. The number of fused-ring (bicyclic) bond motifs is 3. The molecule has 0 spiro atoms. The highest BCUT2D eigenvalue weighted by atomic mass is 16.6. The van der Waals surface area contributed by atoms with E-state index >= 15 is 0 Å². The van der Waals surface area contributed by atoms with Crippen LogP contribution in [0.25, 0.3) is 10.8 Å². The summed E-state index contributed by atoms with van der Waals surface area (Å²) < 4.78 is 5.58. The van der Waals surface area contributed by atoms with E-state index in [0.717, 1.165) is 36.8 Å². The third kappa shape index (κ3) is 4.20. The molecule has 2 heterocycles. The van der Waals surface area contributed by atoms with Gasteiger partial charge in [-0.1, -0.05) is 72.8 Å². The van der Waals surface area contributed by atoms with Gasteiger partial charge in [-0.3, -0.25) is 4.79 Å². The molecular weight excluding hydrogens is 386 g/mol. The Morgan fingerprint density at radius 1 is 0.806 bits per heavy atom. The highest BCUT2D eigenvalue weighted by molar-refractivity contribution is 5.87. The Morgan fingerprint density at radius 3 is 2.23 bits per heavy atom. The molecule has 158 valence electrons. The Hall–Kier alpha value is -3.14. The molecule has 3 aromatic carbocycles. The summed E-state index contributed by atoms with van der Waals surface area (Å²) in [6, 6.07) is 24.5. The van der Waals surface area contributed by atoms with Crippen LogP contribution in [0.15, 0.2) is 72.8 Å². The number of piperidine rings is 1. The lowest BCUT2D eigenvalue weighted by Crippen LogP contribution is -2.48. The first kappa shape index (κ1) is 19.8. The first-order chi connectivity index (χ1) is 15.2. The number of benzene rings is 3. The molecule has 2 unspecified atom stereocenters. The number of nitrogens with zero attached hydrogens (tertiary/aromatic N) is 1. The number of amides is 1. The molecule has 2 aliphatic rings. The molecule has 2 aliphatic heterocycles. The summed E-state index contributed by atoms with van der Waals surface area (Å²) in [6.07, 6.45) is 3.66. The molecule has 1 amide bonds. The van der Waals surface area contributed by atoms with Crippen LogP contribution in [-0.2, 0) is 22.6 Å². The average molecular weight is 414 g/mol. The van der Waals surface area contributed by atoms with Gasteiger partial charge < -0.3 is 9.64 Å². The minimum absolute atomic E-state index is 0.0298. The van der Waals surface area contributed by atoms with Crippen LogP contribution in [0, 0.1) is 5.92 Å². The fourth-order valence-corrected chi connectivity index (χ4v) is 5.23. The summed E-state index contributed by atoms with van der Waals surface area (Å²) in [5.74, 6) is 0.326. The van der Waals surface area contributed by atoms with Crippen LogP contribution >= 0.6 is 0 Å². The van der Waals surface area contributed by atoms with Gasteiger partial charge in [0.1, 0.15) is 12.4 Å². The van der Waals surface area contributed by atoms with Crippen molar-refractivity contribution in [1.82, 2.24) is 4.90 Å². The van der Waals surface area contributed by atoms with Gasteiger partial charge in [0, 0.05) is 24.4 Å². The summed E-state index contributed by atoms with van der Waals surface area (Å²) >= 11 is 0. The van der Waals surface area contributed by atoms with Crippen LogP contribution in [0.3, 0.4) is 0 Å². The van der Waals surface area contributed by atoms with Crippen LogP contribution < -0.4 is 0 Å². The maximum Gasteiger partial charge on any atom is 0.410 e. The minimum atomic E-state index is -0.239. The van der Waals surface area contributed by atoms with E-state index in [4.69, 9.17) is 4.74 Å². The molecule has 0 N–H and O–H groups in total. The van der Waals surface area contributed by atoms with E-state index < -0.39 is 0 Å². The number of ketones is 1. The molecule has 3 aromatic rings. The Labute approximate surface area is 182 Å². The second-order valence-corrected chi connectivity index (χ2v) is 8.83. The monoisotopic (exact) mass is 413 g/mol. The van der Waals surface area contributed by atoms with Crippen LogP contribution in [0.1, 0.15) is 36.8 Å². The second-order valence-electron chi connectivity index (χ2n) is 8.83. The van der Waals surface area contributed by atoms with Crippen molar-refractivity contribution in [1.29, 1.82) is 0 Å². The minimum Gasteiger partial charge on any atom is -0.445 e. The Morgan fingerprint density at radius 2 is 1.48 bits per heavy atom. The summed E-state index contributed by atoms with van der Waals surface area (Å²) in [5, 5.41) is 2.36. The number of hydrogen-bond acceptors (Lipinski definition) is 3. The predicted molar refractivity (Wildman–Crippen MR) is 121 cm³/mol. The number of Topliss-reactive ketones (excluding diaryl/α,β-unsaturated/α-hetero) is 1. The lowest BCUT2D eigenvalue weighted by atomic mass is 9.85. The van der Waals surface area contributed by atoms with Crippen molar-refractivity contribution in [3.05, 3.63) is 83.9 Å². The first-order valence-corrected chi connectivity index (χ1v) is 11.2. The highest BCUT2D eigenvalue weighted by Crippen LogP contribution is 2.40. The van der Waals surface area contributed by atoms with Gasteiger partial charge in [-0.25, -0.2) is 4.79 Å². The van der Waals surface area contributed by atoms with Gasteiger partial charge in [-0.15, -0.1) is 0 Å². The SMILES string of the molecule is O=C(Cc1ccc2ccccc2c1)C1CC2CCC(C1)N2C(=O)OCc1ccccc1. The third-order valence-electron chi connectivity index (χ3n) is 6.80. The molecular formula is C27H27NO3. The van der Waals surface area contributed by atoms with Crippen molar-refractivity contribution in [2.75, 3.05) is 0 Å².